The Hall–Kier alpha value is -2.53. The van der Waals surface area contributed by atoms with Gasteiger partial charge in [-0.15, -0.1) is 0 Å². The van der Waals surface area contributed by atoms with Crippen molar-refractivity contribution < 1.29 is 14.3 Å². The van der Waals surface area contributed by atoms with Crippen LogP contribution in [0.1, 0.15) is 40.4 Å². The summed E-state index contributed by atoms with van der Waals surface area (Å²) in [7, 11) is 0. The van der Waals surface area contributed by atoms with Crippen LogP contribution in [0.3, 0.4) is 0 Å². The molecule has 0 spiro atoms. The van der Waals surface area contributed by atoms with Gasteiger partial charge in [-0.1, -0.05) is 18.2 Å². The monoisotopic (exact) mass is 338 g/mol. The number of nitrogens with two attached hydrogens (primary N) is 1. The molecule has 0 bridgehead atoms. The Balaban J connectivity index is 1.58. The number of fused-ring (bicyclic) bond motifs is 1. The van der Waals surface area contributed by atoms with Crippen molar-refractivity contribution in [2.24, 2.45) is 5.73 Å². The van der Waals surface area contributed by atoms with E-state index in [4.69, 9.17) is 15.2 Å². The van der Waals surface area contributed by atoms with Gasteiger partial charge < -0.3 is 20.1 Å². The van der Waals surface area contributed by atoms with E-state index >= 15 is 0 Å². The van der Waals surface area contributed by atoms with Crippen molar-refractivity contribution in [1.82, 2.24) is 4.90 Å². The average molecular weight is 338 g/mol. The molecule has 130 valence electrons. The molecule has 2 aliphatic heterocycles. The molecule has 1 atom stereocenters. The molecule has 2 aromatic rings. The average Bonchev–Trinajstić information content (AvgIpc) is 3.17. The van der Waals surface area contributed by atoms with E-state index in [2.05, 4.69) is 0 Å². The summed E-state index contributed by atoms with van der Waals surface area (Å²) in [4.78, 5) is 14.9. The van der Waals surface area contributed by atoms with Crippen molar-refractivity contribution in [2.75, 3.05) is 19.8 Å². The van der Waals surface area contributed by atoms with Crippen LogP contribution >= 0.6 is 0 Å². The molecule has 2 aliphatic rings. The van der Waals surface area contributed by atoms with Crippen LogP contribution in [0.15, 0.2) is 42.5 Å². The van der Waals surface area contributed by atoms with E-state index in [0.717, 1.165) is 42.0 Å². The van der Waals surface area contributed by atoms with E-state index in [9.17, 15) is 4.79 Å². The molecule has 0 aliphatic carbocycles. The zero-order chi connectivity index (χ0) is 17.2. The maximum Gasteiger partial charge on any atom is 0.254 e. The molecule has 5 nitrogen and oxygen atoms in total. The largest absolute Gasteiger partial charge is 0.486 e. The molecular weight excluding hydrogens is 316 g/mol. The summed E-state index contributed by atoms with van der Waals surface area (Å²) in [5.41, 5.74) is 8.48. The van der Waals surface area contributed by atoms with Crippen LogP contribution in [0.4, 0.5) is 0 Å². The molecule has 1 fully saturated rings. The van der Waals surface area contributed by atoms with Gasteiger partial charge in [-0.2, -0.15) is 0 Å². The van der Waals surface area contributed by atoms with Gasteiger partial charge in [0.05, 0.1) is 6.04 Å². The summed E-state index contributed by atoms with van der Waals surface area (Å²) < 4.78 is 11.3. The summed E-state index contributed by atoms with van der Waals surface area (Å²) in [6.07, 6.45) is 1.97. The predicted molar refractivity (Wildman–Crippen MR) is 94.8 cm³/mol. The number of hydrogen-bond acceptors (Lipinski definition) is 4. The Kier molecular flexibility index (Phi) is 4.32. The third kappa shape index (κ3) is 3.07. The van der Waals surface area contributed by atoms with Crippen LogP contribution in [-0.4, -0.2) is 30.6 Å². The molecule has 0 aromatic heterocycles. The second kappa shape index (κ2) is 6.76. The zero-order valence-corrected chi connectivity index (χ0v) is 14.1. The van der Waals surface area contributed by atoms with E-state index < -0.39 is 0 Å². The minimum absolute atomic E-state index is 0.0703. The van der Waals surface area contributed by atoms with Crippen LogP contribution in [-0.2, 0) is 6.54 Å². The summed E-state index contributed by atoms with van der Waals surface area (Å²) in [5.74, 6) is 1.62. The first kappa shape index (κ1) is 16.0. The highest BCUT2D eigenvalue weighted by Gasteiger charge is 2.31. The maximum absolute atomic E-state index is 13.0. The van der Waals surface area contributed by atoms with E-state index in [0.29, 0.717) is 25.3 Å². The number of hydrogen-bond donors (Lipinski definition) is 1. The van der Waals surface area contributed by atoms with Crippen LogP contribution in [0.5, 0.6) is 11.5 Å². The van der Waals surface area contributed by atoms with Crippen molar-refractivity contribution in [2.45, 2.75) is 25.4 Å². The lowest BCUT2D eigenvalue weighted by atomic mass is 10.0. The number of nitrogens with zero attached hydrogens (tertiary/aromatic N) is 1. The van der Waals surface area contributed by atoms with Gasteiger partial charge in [-0.3, -0.25) is 4.79 Å². The Morgan fingerprint density at radius 2 is 1.84 bits per heavy atom. The molecule has 0 radical (unpaired) electrons. The summed E-state index contributed by atoms with van der Waals surface area (Å²) in [5, 5.41) is 0. The van der Waals surface area contributed by atoms with E-state index in [1.54, 1.807) is 0 Å². The Bertz CT molecular complexity index is 773. The number of likely N-dealkylation sites (tertiary alicyclic amines) is 1. The zero-order valence-electron chi connectivity index (χ0n) is 14.1. The van der Waals surface area contributed by atoms with Crippen LogP contribution in [0.25, 0.3) is 0 Å². The first-order valence-electron chi connectivity index (χ1n) is 8.76. The minimum atomic E-state index is 0.0703. The molecule has 2 N–H and O–H groups in total. The molecule has 2 aromatic carbocycles. The summed E-state index contributed by atoms with van der Waals surface area (Å²) >= 11 is 0. The normalized spacial score (nSPS) is 19.1. The highest BCUT2D eigenvalue weighted by Crippen LogP contribution is 2.38. The molecule has 4 rings (SSSR count). The fraction of sp³-hybridized carbons (Fsp3) is 0.350. The van der Waals surface area contributed by atoms with E-state index in [1.165, 1.54) is 0 Å². The number of carbonyl (C=O) groups excluding carboxylic acids is 1. The van der Waals surface area contributed by atoms with Gasteiger partial charge in [0.15, 0.2) is 11.5 Å². The van der Waals surface area contributed by atoms with Crippen molar-refractivity contribution in [3.8, 4) is 11.5 Å². The SMILES string of the molecule is NCc1ccc(C(=O)N2CCCC2c2ccc3c(c2)OCCO3)cc1. The third-order valence-corrected chi connectivity index (χ3v) is 4.90. The molecule has 1 amide bonds. The number of ether oxygens (including phenoxy) is 2. The lowest BCUT2D eigenvalue weighted by Crippen LogP contribution is -2.30. The van der Waals surface area contributed by atoms with E-state index in [1.807, 2.05) is 47.4 Å². The quantitative estimate of drug-likeness (QED) is 0.934. The maximum atomic E-state index is 13.0. The summed E-state index contributed by atoms with van der Waals surface area (Å²) in [6, 6.07) is 13.7. The first-order valence-corrected chi connectivity index (χ1v) is 8.76. The number of carbonyl (C=O) groups is 1. The second-order valence-electron chi connectivity index (χ2n) is 6.46. The van der Waals surface area contributed by atoms with Crippen molar-refractivity contribution in [3.05, 3.63) is 59.2 Å². The van der Waals surface area contributed by atoms with Gasteiger partial charge >= 0.3 is 0 Å². The standard InChI is InChI=1S/C20H22N2O3/c21-13-14-3-5-15(6-4-14)20(23)22-9-1-2-17(22)16-7-8-18-19(12-16)25-11-10-24-18/h3-8,12,17H,1-2,9-11,13,21H2. The van der Waals surface area contributed by atoms with Crippen molar-refractivity contribution >= 4 is 5.91 Å². The minimum Gasteiger partial charge on any atom is -0.486 e. The molecule has 2 heterocycles. The molecular formula is C20H22N2O3. The Morgan fingerprint density at radius 3 is 2.60 bits per heavy atom. The third-order valence-electron chi connectivity index (χ3n) is 4.90. The van der Waals surface area contributed by atoms with Gasteiger partial charge in [0.2, 0.25) is 0 Å². The van der Waals surface area contributed by atoms with E-state index in [-0.39, 0.29) is 11.9 Å². The molecule has 1 unspecified atom stereocenters. The van der Waals surface area contributed by atoms with Crippen LogP contribution in [0, 0.1) is 0 Å². The lowest BCUT2D eigenvalue weighted by Gasteiger charge is -2.27. The fourth-order valence-electron chi connectivity index (χ4n) is 3.57. The smallest absolute Gasteiger partial charge is 0.254 e. The lowest BCUT2D eigenvalue weighted by molar-refractivity contribution is 0.0735. The first-order chi connectivity index (χ1) is 12.3. The van der Waals surface area contributed by atoms with Gasteiger partial charge in [-0.25, -0.2) is 0 Å². The van der Waals surface area contributed by atoms with Crippen LogP contribution in [0.2, 0.25) is 0 Å². The van der Waals surface area contributed by atoms with Gasteiger partial charge in [0, 0.05) is 18.7 Å². The molecule has 1 saturated heterocycles. The van der Waals surface area contributed by atoms with Gasteiger partial charge in [0.1, 0.15) is 13.2 Å². The summed E-state index contributed by atoms with van der Waals surface area (Å²) in [6.45, 7) is 2.41. The van der Waals surface area contributed by atoms with Gasteiger partial charge in [-0.05, 0) is 48.2 Å². The fourth-order valence-corrected chi connectivity index (χ4v) is 3.57. The van der Waals surface area contributed by atoms with Crippen molar-refractivity contribution in [1.29, 1.82) is 0 Å². The highest BCUT2D eigenvalue weighted by atomic mass is 16.6. The number of rotatable bonds is 3. The topological polar surface area (TPSA) is 64.8 Å². The highest BCUT2D eigenvalue weighted by molar-refractivity contribution is 5.94. The van der Waals surface area contributed by atoms with Crippen molar-refractivity contribution in [3.63, 3.8) is 0 Å². The number of amides is 1. The molecule has 5 heteroatoms. The Morgan fingerprint density at radius 1 is 1.08 bits per heavy atom. The second-order valence-corrected chi connectivity index (χ2v) is 6.46. The number of benzene rings is 2. The Labute approximate surface area is 147 Å². The molecule has 0 saturated carbocycles. The van der Waals surface area contributed by atoms with Gasteiger partial charge in [0.25, 0.3) is 5.91 Å². The predicted octanol–water partition coefficient (Wildman–Crippen LogP) is 2.89. The van der Waals surface area contributed by atoms with Crippen LogP contribution < -0.4 is 15.2 Å². The molecule has 25 heavy (non-hydrogen) atoms.